The molecule has 0 fully saturated rings. The summed E-state index contributed by atoms with van der Waals surface area (Å²) in [6.45, 7) is 3.57. The molecule has 1 aromatic rings. The van der Waals surface area contributed by atoms with Gasteiger partial charge in [0.1, 0.15) is 11.5 Å². The van der Waals surface area contributed by atoms with Crippen molar-refractivity contribution in [3.63, 3.8) is 0 Å². The third-order valence-electron chi connectivity index (χ3n) is 1.97. The van der Waals surface area contributed by atoms with E-state index in [-0.39, 0.29) is 0 Å². The highest BCUT2D eigenvalue weighted by Crippen LogP contribution is 2.23. The van der Waals surface area contributed by atoms with E-state index in [0.29, 0.717) is 16.9 Å². The van der Waals surface area contributed by atoms with E-state index >= 15 is 0 Å². The van der Waals surface area contributed by atoms with Crippen LogP contribution in [0, 0.1) is 5.41 Å². The molecular weight excluding hydrogens is 194 g/mol. The Labute approximate surface area is 87.3 Å². The Bertz CT molecular complexity index is 424. The van der Waals surface area contributed by atoms with Gasteiger partial charge in [0, 0.05) is 11.1 Å². The van der Waals surface area contributed by atoms with E-state index in [1.165, 1.54) is 13.2 Å². The first-order chi connectivity index (χ1) is 7.11. The average Bonchev–Trinajstić information content (AvgIpc) is 2.26. The van der Waals surface area contributed by atoms with E-state index in [2.05, 4.69) is 6.58 Å². The molecule has 2 N–H and O–H groups in total. The first-order valence-corrected chi connectivity index (χ1v) is 4.23. The van der Waals surface area contributed by atoms with Crippen molar-refractivity contribution in [3.8, 4) is 5.75 Å². The molecule has 78 valence electrons. The number of carboxylic acid groups (broad SMARTS) is 1. The van der Waals surface area contributed by atoms with Gasteiger partial charge in [-0.3, -0.25) is 5.41 Å². The van der Waals surface area contributed by atoms with Crippen molar-refractivity contribution in [2.24, 2.45) is 0 Å². The van der Waals surface area contributed by atoms with E-state index in [9.17, 15) is 4.79 Å². The summed E-state index contributed by atoms with van der Waals surface area (Å²) in [7, 11) is 1.48. The number of hydrogen-bond donors (Lipinski definition) is 2. The smallest absolute Gasteiger partial charge is 0.354 e. The Morgan fingerprint density at radius 2 is 2.27 bits per heavy atom. The zero-order chi connectivity index (χ0) is 11.4. The summed E-state index contributed by atoms with van der Waals surface area (Å²) in [5, 5.41) is 16.1. The minimum absolute atomic E-state index is 0.303. The Balaban J connectivity index is 3.35. The Morgan fingerprint density at radius 1 is 1.60 bits per heavy atom. The monoisotopic (exact) mass is 205 g/mol. The summed E-state index contributed by atoms with van der Waals surface area (Å²) in [5.41, 5.74) is 0.355. The summed E-state index contributed by atoms with van der Waals surface area (Å²) in [6.07, 6.45) is 1.48. The van der Waals surface area contributed by atoms with Crippen LogP contribution in [0.4, 0.5) is 0 Å². The van der Waals surface area contributed by atoms with Crippen molar-refractivity contribution in [2.75, 3.05) is 7.11 Å². The number of hydrogen-bond acceptors (Lipinski definition) is 3. The lowest BCUT2D eigenvalue weighted by Gasteiger charge is -2.09. The van der Waals surface area contributed by atoms with Crippen LogP contribution in [0.25, 0.3) is 6.08 Å². The van der Waals surface area contributed by atoms with Crippen LogP contribution in [0.2, 0.25) is 0 Å². The number of ether oxygens (including phenoxy) is 1. The van der Waals surface area contributed by atoms with E-state index < -0.39 is 11.7 Å². The average molecular weight is 205 g/mol. The zero-order valence-corrected chi connectivity index (χ0v) is 8.28. The van der Waals surface area contributed by atoms with Gasteiger partial charge in [-0.1, -0.05) is 24.8 Å². The van der Waals surface area contributed by atoms with Gasteiger partial charge in [0.15, 0.2) is 0 Å². The molecule has 0 heterocycles. The van der Waals surface area contributed by atoms with Crippen LogP contribution in [0.5, 0.6) is 5.75 Å². The second-order valence-corrected chi connectivity index (χ2v) is 2.81. The molecule has 0 aliphatic carbocycles. The maximum Gasteiger partial charge on any atom is 0.354 e. The van der Waals surface area contributed by atoms with Crippen LogP contribution in [0.3, 0.4) is 0 Å². The number of methoxy groups -OCH3 is 1. The van der Waals surface area contributed by atoms with Gasteiger partial charge in [-0.2, -0.15) is 0 Å². The lowest BCUT2D eigenvalue weighted by molar-refractivity contribution is -0.129. The predicted molar refractivity (Wildman–Crippen MR) is 57.5 cm³/mol. The van der Waals surface area contributed by atoms with Gasteiger partial charge in [0.2, 0.25) is 0 Å². The summed E-state index contributed by atoms with van der Waals surface area (Å²) in [4.78, 5) is 10.7. The van der Waals surface area contributed by atoms with E-state index in [0.717, 1.165) is 0 Å². The maximum atomic E-state index is 10.7. The summed E-state index contributed by atoms with van der Waals surface area (Å²) in [5.74, 6) is -0.764. The molecule has 0 aliphatic heterocycles. The van der Waals surface area contributed by atoms with Gasteiger partial charge in [-0.05, 0) is 6.07 Å². The van der Waals surface area contributed by atoms with Gasteiger partial charge >= 0.3 is 5.97 Å². The molecular formula is C11H11NO3. The fraction of sp³-hybridized carbons (Fsp3) is 0.0909. The van der Waals surface area contributed by atoms with Crippen LogP contribution in [0.15, 0.2) is 24.8 Å². The van der Waals surface area contributed by atoms with E-state index in [4.69, 9.17) is 15.3 Å². The number of rotatable bonds is 4. The third kappa shape index (κ3) is 2.04. The Hall–Kier alpha value is -2.10. The number of carbonyl (C=O) groups is 1. The first-order valence-electron chi connectivity index (χ1n) is 4.23. The quantitative estimate of drug-likeness (QED) is 0.736. The molecule has 1 aromatic carbocycles. The van der Waals surface area contributed by atoms with Crippen molar-refractivity contribution in [1.29, 1.82) is 5.41 Å². The number of carboxylic acids is 1. The van der Waals surface area contributed by atoms with Gasteiger partial charge in [0.05, 0.1) is 7.11 Å². The lowest BCUT2D eigenvalue weighted by Crippen LogP contribution is -2.14. The molecule has 0 aromatic heterocycles. The fourth-order valence-electron chi connectivity index (χ4n) is 1.27. The van der Waals surface area contributed by atoms with Crippen molar-refractivity contribution in [3.05, 3.63) is 35.9 Å². The van der Waals surface area contributed by atoms with Crippen molar-refractivity contribution >= 4 is 17.8 Å². The molecule has 0 saturated carbocycles. The van der Waals surface area contributed by atoms with Gasteiger partial charge < -0.3 is 9.84 Å². The number of benzene rings is 1. The zero-order valence-electron chi connectivity index (χ0n) is 8.28. The molecule has 0 radical (unpaired) electrons. The number of aliphatic carboxylic acids is 1. The Morgan fingerprint density at radius 3 is 2.73 bits per heavy atom. The Kier molecular flexibility index (Phi) is 3.23. The van der Waals surface area contributed by atoms with Crippen molar-refractivity contribution in [1.82, 2.24) is 0 Å². The molecule has 15 heavy (non-hydrogen) atoms. The number of nitrogens with one attached hydrogen (secondary N) is 1. The second kappa shape index (κ2) is 4.41. The van der Waals surface area contributed by atoms with Crippen molar-refractivity contribution in [2.45, 2.75) is 0 Å². The third-order valence-corrected chi connectivity index (χ3v) is 1.97. The van der Waals surface area contributed by atoms with Crippen molar-refractivity contribution < 1.29 is 14.6 Å². The van der Waals surface area contributed by atoms with Gasteiger partial charge in [-0.15, -0.1) is 0 Å². The lowest BCUT2D eigenvalue weighted by atomic mass is 10.0. The van der Waals surface area contributed by atoms with Gasteiger partial charge in [-0.25, -0.2) is 4.79 Å². The SMILES string of the molecule is C=Cc1c(OC)cccc1C(=N)C(=O)O. The molecule has 0 atom stereocenters. The molecule has 1 rings (SSSR count). The minimum Gasteiger partial charge on any atom is -0.496 e. The molecule has 0 saturated heterocycles. The van der Waals surface area contributed by atoms with Crippen LogP contribution >= 0.6 is 0 Å². The fourth-order valence-corrected chi connectivity index (χ4v) is 1.27. The van der Waals surface area contributed by atoms with Crippen LogP contribution in [0.1, 0.15) is 11.1 Å². The van der Waals surface area contributed by atoms with Crippen LogP contribution in [-0.4, -0.2) is 23.9 Å². The van der Waals surface area contributed by atoms with Crippen LogP contribution < -0.4 is 4.74 Å². The highest BCUT2D eigenvalue weighted by Gasteiger charge is 2.15. The highest BCUT2D eigenvalue weighted by atomic mass is 16.5. The molecule has 4 heteroatoms. The van der Waals surface area contributed by atoms with E-state index in [1.54, 1.807) is 18.2 Å². The largest absolute Gasteiger partial charge is 0.496 e. The predicted octanol–water partition coefficient (Wildman–Crippen LogP) is 1.79. The maximum absolute atomic E-state index is 10.7. The summed E-state index contributed by atoms with van der Waals surface area (Å²) in [6, 6.07) is 4.88. The molecule has 0 amide bonds. The standard InChI is InChI=1S/C11H11NO3/c1-3-7-8(10(12)11(13)14)5-4-6-9(7)15-2/h3-6,12H,1H2,2H3,(H,13,14). The normalized spacial score (nSPS) is 9.40. The van der Waals surface area contributed by atoms with Gasteiger partial charge in [0.25, 0.3) is 0 Å². The molecule has 0 unspecified atom stereocenters. The molecule has 0 spiro atoms. The molecule has 4 nitrogen and oxygen atoms in total. The first kappa shape index (κ1) is 11.0. The minimum atomic E-state index is -1.27. The second-order valence-electron chi connectivity index (χ2n) is 2.81. The topological polar surface area (TPSA) is 70.4 Å². The summed E-state index contributed by atoms with van der Waals surface area (Å²) < 4.78 is 5.05. The van der Waals surface area contributed by atoms with E-state index in [1.807, 2.05) is 0 Å². The highest BCUT2D eigenvalue weighted by molar-refractivity contribution is 6.41. The van der Waals surface area contributed by atoms with Crippen LogP contribution in [-0.2, 0) is 4.79 Å². The molecule has 0 aliphatic rings. The summed E-state index contributed by atoms with van der Waals surface area (Å²) >= 11 is 0. The molecule has 0 bridgehead atoms.